The summed E-state index contributed by atoms with van der Waals surface area (Å²) in [6.45, 7) is 6.32. The predicted octanol–water partition coefficient (Wildman–Crippen LogP) is 2.34. The van der Waals surface area contributed by atoms with Gasteiger partial charge in [-0.1, -0.05) is 19.0 Å². The highest BCUT2D eigenvalue weighted by Gasteiger charge is 2.34. The predicted molar refractivity (Wildman–Crippen MR) is 76.4 cm³/mol. The summed E-state index contributed by atoms with van der Waals surface area (Å²) in [5, 5.41) is 7.55. The molecule has 106 valence electrons. The van der Waals surface area contributed by atoms with Gasteiger partial charge < -0.3 is 9.84 Å². The highest BCUT2D eigenvalue weighted by atomic mass is 16.5. The van der Waals surface area contributed by atoms with Gasteiger partial charge in [-0.15, -0.1) is 0 Å². The molecule has 20 heavy (non-hydrogen) atoms. The molecule has 0 aromatic carbocycles. The summed E-state index contributed by atoms with van der Waals surface area (Å²) >= 11 is 0. The van der Waals surface area contributed by atoms with Gasteiger partial charge in [0.1, 0.15) is 0 Å². The van der Waals surface area contributed by atoms with Crippen LogP contribution in [-0.2, 0) is 11.8 Å². The molecule has 1 saturated heterocycles. The fraction of sp³-hybridized carbons (Fsp3) is 0.533. The van der Waals surface area contributed by atoms with E-state index in [0.717, 1.165) is 49.4 Å². The number of hydrogen-bond acceptors (Lipinski definition) is 5. The molecule has 0 bridgehead atoms. The van der Waals surface area contributed by atoms with Crippen molar-refractivity contribution < 1.29 is 4.52 Å². The molecule has 1 fully saturated rings. The van der Waals surface area contributed by atoms with Crippen molar-refractivity contribution in [2.45, 2.75) is 38.5 Å². The first-order valence-corrected chi connectivity index (χ1v) is 7.21. The SMILES string of the molecule is CCc1cnccc1-c1noc(C2(C)CCNCC2)n1. The topological polar surface area (TPSA) is 63.8 Å². The zero-order chi connectivity index (χ0) is 14.0. The second kappa shape index (κ2) is 5.32. The largest absolute Gasteiger partial charge is 0.338 e. The van der Waals surface area contributed by atoms with Crippen molar-refractivity contribution >= 4 is 0 Å². The molecule has 0 atom stereocenters. The van der Waals surface area contributed by atoms with E-state index in [0.29, 0.717) is 5.82 Å². The molecule has 1 aliphatic heterocycles. The van der Waals surface area contributed by atoms with E-state index in [1.807, 2.05) is 12.3 Å². The van der Waals surface area contributed by atoms with E-state index in [4.69, 9.17) is 4.52 Å². The molecule has 5 heteroatoms. The van der Waals surface area contributed by atoms with Crippen molar-refractivity contribution in [3.05, 3.63) is 29.9 Å². The number of nitrogens with one attached hydrogen (secondary N) is 1. The van der Waals surface area contributed by atoms with E-state index < -0.39 is 0 Å². The van der Waals surface area contributed by atoms with Crippen LogP contribution in [0.25, 0.3) is 11.4 Å². The van der Waals surface area contributed by atoms with Gasteiger partial charge in [-0.2, -0.15) is 4.98 Å². The molecule has 0 saturated carbocycles. The first kappa shape index (κ1) is 13.2. The molecule has 0 radical (unpaired) electrons. The summed E-state index contributed by atoms with van der Waals surface area (Å²) in [4.78, 5) is 8.81. The summed E-state index contributed by atoms with van der Waals surface area (Å²) in [6, 6.07) is 1.96. The number of rotatable bonds is 3. The van der Waals surface area contributed by atoms with Crippen LogP contribution in [0.1, 0.15) is 38.1 Å². The minimum atomic E-state index is -0.00406. The Morgan fingerprint density at radius 1 is 1.35 bits per heavy atom. The van der Waals surface area contributed by atoms with Crippen molar-refractivity contribution in [2.75, 3.05) is 13.1 Å². The quantitative estimate of drug-likeness (QED) is 0.929. The van der Waals surface area contributed by atoms with Gasteiger partial charge >= 0.3 is 0 Å². The first-order valence-electron chi connectivity index (χ1n) is 7.21. The van der Waals surface area contributed by atoms with E-state index in [1.54, 1.807) is 6.20 Å². The van der Waals surface area contributed by atoms with Crippen molar-refractivity contribution in [1.29, 1.82) is 0 Å². The van der Waals surface area contributed by atoms with Crippen LogP contribution >= 0.6 is 0 Å². The Bertz CT molecular complexity index is 587. The fourth-order valence-electron chi connectivity index (χ4n) is 2.70. The zero-order valence-electron chi connectivity index (χ0n) is 12.0. The summed E-state index contributed by atoms with van der Waals surface area (Å²) in [6.07, 6.45) is 6.62. The molecule has 0 amide bonds. The van der Waals surface area contributed by atoms with Crippen molar-refractivity contribution in [1.82, 2.24) is 20.4 Å². The molecule has 1 aliphatic rings. The van der Waals surface area contributed by atoms with Gasteiger partial charge in [-0.3, -0.25) is 4.98 Å². The Labute approximate surface area is 118 Å². The van der Waals surface area contributed by atoms with Gasteiger partial charge in [0.15, 0.2) is 0 Å². The van der Waals surface area contributed by atoms with Gasteiger partial charge in [-0.05, 0) is 44.0 Å². The van der Waals surface area contributed by atoms with Gasteiger partial charge in [-0.25, -0.2) is 0 Å². The van der Waals surface area contributed by atoms with Gasteiger partial charge in [0, 0.05) is 23.4 Å². The maximum Gasteiger partial charge on any atom is 0.232 e. The highest BCUT2D eigenvalue weighted by Crippen LogP contribution is 2.33. The maximum absolute atomic E-state index is 5.55. The van der Waals surface area contributed by atoms with E-state index in [-0.39, 0.29) is 5.41 Å². The van der Waals surface area contributed by atoms with Crippen molar-refractivity contribution in [2.24, 2.45) is 0 Å². The molecule has 2 aromatic rings. The number of hydrogen-bond donors (Lipinski definition) is 1. The number of nitrogens with zero attached hydrogens (tertiary/aromatic N) is 3. The van der Waals surface area contributed by atoms with E-state index in [1.165, 1.54) is 0 Å². The minimum absolute atomic E-state index is 0.00406. The van der Waals surface area contributed by atoms with E-state index >= 15 is 0 Å². The van der Waals surface area contributed by atoms with Gasteiger partial charge in [0.25, 0.3) is 0 Å². The molecule has 0 unspecified atom stereocenters. The van der Waals surface area contributed by atoms with Crippen LogP contribution in [0, 0.1) is 0 Å². The van der Waals surface area contributed by atoms with Gasteiger partial charge in [0.2, 0.25) is 11.7 Å². The Morgan fingerprint density at radius 2 is 2.15 bits per heavy atom. The molecule has 0 spiro atoms. The Morgan fingerprint density at radius 3 is 2.90 bits per heavy atom. The van der Waals surface area contributed by atoms with Crippen LogP contribution in [0.5, 0.6) is 0 Å². The third-order valence-electron chi connectivity index (χ3n) is 4.17. The number of piperidine rings is 1. The van der Waals surface area contributed by atoms with Crippen LogP contribution < -0.4 is 5.32 Å². The Kier molecular flexibility index (Phi) is 3.53. The van der Waals surface area contributed by atoms with Crippen LogP contribution in [0.3, 0.4) is 0 Å². The second-order valence-corrected chi connectivity index (χ2v) is 5.62. The average Bonchev–Trinajstić information content (AvgIpc) is 2.98. The molecule has 2 aromatic heterocycles. The number of aromatic nitrogens is 3. The number of aryl methyl sites for hydroxylation is 1. The molecular weight excluding hydrogens is 252 g/mol. The summed E-state index contributed by atoms with van der Waals surface area (Å²) in [5.74, 6) is 1.44. The third kappa shape index (κ3) is 2.33. The molecule has 1 N–H and O–H groups in total. The molecule has 3 rings (SSSR count). The zero-order valence-corrected chi connectivity index (χ0v) is 12.0. The smallest absolute Gasteiger partial charge is 0.232 e. The highest BCUT2D eigenvalue weighted by molar-refractivity contribution is 5.58. The van der Waals surface area contributed by atoms with Crippen LogP contribution in [0.4, 0.5) is 0 Å². The average molecular weight is 272 g/mol. The lowest BCUT2D eigenvalue weighted by atomic mass is 9.81. The van der Waals surface area contributed by atoms with Crippen LogP contribution in [-0.4, -0.2) is 28.2 Å². The molecule has 0 aliphatic carbocycles. The van der Waals surface area contributed by atoms with E-state index in [9.17, 15) is 0 Å². The Balaban J connectivity index is 1.94. The summed E-state index contributed by atoms with van der Waals surface area (Å²) in [7, 11) is 0. The Hall–Kier alpha value is -1.75. The maximum atomic E-state index is 5.55. The van der Waals surface area contributed by atoms with Gasteiger partial charge in [0.05, 0.1) is 0 Å². The molecule has 3 heterocycles. The van der Waals surface area contributed by atoms with Crippen molar-refractivity contribution in [3.63, 3.8) is 0 Å². The second-order valence-electron chi connectivity index (χ2n) is 5.62. The monoisotopic (exact) mass is 272 g/mol. The summed E-state index contributed by atoms with van der Waals surface area (Å²) in [5.41, 5.74) is 2.17. The van der Waals surface area contributed by atoms with Crippen molar-refractivity contribution in [3.8, 4) is 11.4 Å². The summed E-state index contributed by atoms with van der Waals surface area (Å²) < 4.78 is 5.55. The first-order chi connectivity index (χ1) is 9.73. The third-order valence-corrected chi connectivity index (χ3v) is 4.17. The standard InChI is InChI=1S/C15H20N4O/c1-3-11-10-17-7-4-12(11)13-18-14(20-19-13)15(2)5-8-16-9-6-15/h4,7,10,16H,3,5-6,8-9H2,1-2H3. The fourth-order valence-corrected chi connectivity index (χ4v) is 2.70. The van der Waals surface area contributed by atoms with Crippen LogP contribution in [0.15, 0.2) is 23.0 Å². The van der Waals surface area contributed by atoms with Crippen LogP contribution in [0.2, 0.25) is 0 Å². The number of pyridine rings is 1. The molecule has 5 nitrogen and oxygen atoms in total. The lowest BCUT2D eigenvalue weighted by molar-refractivity contribution is 0.241. The minimum Gasteiger partial charge on any atom is -0.338 e. The normalized spacial score (nSPS) is 18.1. The van der Waals surface area contributed by atoms with E-state index in [2.05, 4.69) is 34.3 Å². The lowest BCUT2D eigenvalue weighted by Gasteiger charge is -2.30. The molecular formula is C15H20N4O. The lowest BCUT2D eigenvalue weighted by Crippen LogP contribution is -2.37.